The second-order valence-electron chi connectivity index (χ2n) is 12.0. The van der Waals surface area contributed by atoms with Crippen molar-refractivity contribution in [2.75, 3.05) is 6.54 Å². The summed E-state index contributed by atoms with van der Waals surface area (Å²) in [6.45, 7) is 5.39. The van der Waals surface area contributed by atoms with Crippen molar-refractivity contribution in [2.45, 2.75) is 90.0 Å². The number of benzene rings is 2. The van der Waals surface area contributed by atoms with Gasteiger partial charge in [-0.25, -0.2) is 4.39 Å². The molecule has 0 spiro atoms. The molecule has 5 heteroatoms. The minimum Gasteiger partial charge on any atom is -0.508 e. The number of fused-ring (bicyclic) bond motifs is 5. The van der Waals surface area contributed by atoms with E-state index in [9.17, 15) is 15.0 Å². The van der Waals surface area contributed by atoms with Crippen LogP contribution in [0.4, 0.5) is 4.39 Å². The number of hydrogen-bond acceptors (Lipinski definition) is 3. The molecule has 0 bridgehead atoms. The Kier molecular flexibility index (Phi) is 7.63. The number of carbonyl (C=O) groups excluding carboxylic acids is 1. The molecule has 0 aliphatic heterocycles. The van der Waals surface area contributed by atoms with Crippen molar-refractivity contribution in [1.82, 2.24) is 4.90 Å². The molecule has 7 atom stereocenters. The lowest BCUT2D eigenvalue weighted by Crippen LogP contribution is -2.51. The molecule has 2 fully saturated rings. The lowest BCUT2D eigenvalue weighted by molar-refractivity contribution is -0.131. The molecule has 2 saturated carbocycles. The molecule has 0 saturated heterocycles. The SMILES string of the molecule is CCC(=O)N(CCCC[C@@H]1Cc2cc(O)ccc2C2C1C1CC[C@H](O)[C@@]1(C)C[C@@H]2F)Cc1ccccc1. The number of carbonyl (C=O) groups is 1. The first-order chi connectivity index (χ1) is 17.8. The zero-order chi connectivity index (χ0) is 26.2. The van der Waals surface area contributed by atoms with E-state index in [2.05, 4.69) is 19.1 Å². The van der Waals surface area contributed by atoms with Crippen LogP contribution in [0.1, 0.15) is 81.4 Å². The van der Waals surface area contributed by atoms with Crippen molar-refractivity contribution in [2.24, 2.45) is 23.2 Å². The molecule has 37 heavy (non-hydrogen) atoms. The van der Waals surface area contributed by atoms with Crippen molar-refractivity contribution < 1.29 is 19.4 Å². The number of alkyl halides is 1. The normalized spacial score (nSPS) is 32.3. The standard InChI is InChI=1S/C32H42FNO3/c1-3-29(37)34(20-21-9-5-4-6-10-21)16-8-7-11-22-17-23-18-24(35)12-13-25(23)31-27(33)19-32(2)26(30(22)31)14-15-28(32)36/h4-6,9-10,12-13,18,22,26-28,30-31,35-36H,3,7-8,11,14-17,19-20H2,1-2H3/t22-,26?,27+,28+,30?,31?,32+/m1/s1. The van der Waals surface area contributed by atoms with E-state index in [1.54, 1.807) is 6.07 Å². The van der Waals surface area contributed by atoms with Gasteiger partial charge in [0.1, 0.15) is 11.9 Å². The summed E-state index contributed by atoms with van der Waals surface area (Å²) in [5.74, 6) is 1.11. The second-order valence-corrected chi connectivity index (χ2v) is 12.0. The summed E-state index contributed by atoms with van der Waals surface area (Å²) in [6, 6.07) is 15.6. The molecule has 2 N–H and O–H groups in total. The quantitative estimate of drug-likeness (QED) is 0.407. The summed E-state index contributed by atoms with van der Waals surface area (Å²) in [4.78, 5) is 14.6. The molecule has 4 nitrogen and oxygen atoms in total. The molecule has 0 heterocycles. The van der Waals surface area contributed by atoms with Gasteiger partial charge in [0.15, 0.2) is 0 Å². The highest BCUT2D eigenvalue weighted by atomic mass is 19.1. The first kappa shape index (κ1) is 26.2. The molecule has 3 aliphatic carbocycles. The van der Waals surface area contributed by atoms with Gasteiger partial charge in [-0.1, -0.05) is 56.7 Å². The topological polar surface area (TPSA) is 60.8 Å². The minimum absolute atomic E-state index is 0.158. The maximum Gasteiger partial charge on any atom is 0.222 e. The number of rotatable bonds is 8. The Morgan fingerprint density at radius 1 is 1.14 bits per heavy atom. The van der Waals surface area contributed by atoms with Crippen LogP contribution in [0.25, 0.3) is 0 Å². The predicted octanol–water partition coefficient (Wildman–Crippen LogP) is 6.39. The number of nitrogens with zero attached hydrogens (tertiary/aromatic N) is 1. The summed E-state index contributed by atoms with van der Waals surface area (Å²) in [5, 5.41) is 21.0. The monoisotopic (exact) mass is 507 g/mol. The van der Waals surface area contributed by atoms with Crippen molar-refractivity contribution in [3.05, 3.63) is 65.2 Å². The summed E-state index contributed by atoms with van der Waals surface area (Å²) in [6.07, 6.45) is 4.97. The van der Waals surface area contributed by atoms with Gasteiger partial charge in [-0.3, -0.25) is 4.79 Å². The number of aliphatic hydroxyl groups is 1. The van der Waals surface area contributed by atoms with Gasteiger partial charge < -0.3 is 15.1 Å². The first-order valence-corrected chi connectivity index (χ1v) is 14.3. The largest absolute Gasteiger partial charge is 0.508 e. The van der Waals surface area contributed by atoms with E-state index in [0.717, 1.165) is 61.8 Å². The fraction of sp³-hybridized carbons (Fsp3) is 0.594. The third-order valence-electron chi connectivity index (χ3n) is 9.90. The molecular formula is C32H42FNO3. The Balaban J connectivity index is 1.31. The highest BCUT2D eigenvalue weighted by Gasteiger charge is 2.59. The maximum atomic E-state index is 15.9. The predicted molar refractivity (Wildman–Crippen MR) is 144 cm³/mol. The van der Waals surface area contributed by atoms with Gasteiger partial charge in [-0.05, 0) is 90.5 Å². The fourth-order valence-corrected chi connectivity index (χ4v) is 8.06. The first-order valence-electron chi connectivity index (χ1n) is 14.3. The van der Waals surface area contributed by atoms with E-state index < -0.39 is 12.3 Å². The average Bonchev–Trinajstić information content (AvgIpc) is 3.18. The molecular weight excluding hydrogens is 465 g/mol. The molecule has 200 valence electrons. The molecule has 2 aromatic rings. The van der Waals surface area contributed by atoms with Crippen LogP contribution in [0.5, 0.6) is 5.75 Å². The van der Waals surface area contributed by atoms with Crippen LogP contribution in [0.2, 0.25) is 0 Å². The number of aliphatic hydroxyl groups excluding tert-OH is 1. The second kappa shape index (κ2) is 10.8. The number of unbranched alkanes of at least 4 members (excludes halogenated alkanes) is 1. The highest BCUT2D eigenvalue weighted by molar-refractivity contribution is 5.75. The molecule has 3 aliphatic rings. The number of phenolic OH excluding ortho intramolecular Hbond substituents is 1. The lowest BCUT2D eigenvalue weighted by atomic mass is 9.51. The van der Waals surface area contributed by atoms with Crippen LogP contribution >= 0.6 is 0 Å². The van der Waals surface area contributed by atoms with Crippen molar-refractivity contribution >= 4 is 5.91 Å². The van der Waals surface area contributed by atoms with Gasteiger partial charge >= 0.3 is 0 Å². The smallest absolute Gasteiger partial charge is 0.222 e. The Hall–Kier alpha value is -2.40. The van der Waals surface area contributed by atoms with E-state index >= 15 is 4.39 Å². The van der Waals surface area contributed by atoms with Crippen molar-refractivity contribution in [3.8, 4) is 5.75 Å². The van der Waals surface area contributed by atoms with Crippen LogP contribution in [-0.2, 0) is 17.8 Å². The van der Waals surface area contributed by atoms with Crippen LogP contribution in [0, 0.1) is 23.2 Å². The Bertz CT molecular complexity index is 1090. The summed E-state index contributed by atoms with van der Waals surface area (Å²) in [5.41, 5.74) is 2.94. The lowest BCUT2D eigenvalue weighted by Gasteiger charge is -2.54. The Morgan fingerprint density at radius 3 is 2.68 bits per heavy atom. The van der Waals surface area contributed by atoms with Crippen LogP contribution < -0.4 is 0 Å². The third kappa shape index (κ3) is 5.04. The molecule has 0 aromatic heterocycles. The van der Waals surface area contributed by atoms with Gasteiger partial charge in [0.05, 0.1) is 6.10 Å². The third-order valence-corrected chi connectivity index (χ3v) is 9.90. The number of amides is 1. The summed E-state index contributed by atoms with van der Waals surface area (Å²) >= 11 is 0. The number of aromatic hydroxyl groups is 1. The molecule has 5 rings (SSSR count). The van der Waals surface area contributed by atoms with Crippen molar-refractivity contribution in [3.63, 3.8) is 0 Å². The van der Waals surface area contributed by atoms with E-state index in [-0.39, 0.29) is 28.9 Å². The molecule has 3 unspecified atom stereocenters. The number of halogens is 1. The minimum atomic E-state index is -0.978. The average molecular weight is 508 g/mol. The van der Waals surface area contributed by atoms with Gasteiger partial charge in [-0.2, -0.15) is 0 Å². The van der Waals surface area contributed by atoms with Gasteiger partial charge in [-0.15, -0.1) is 0 Å². The van der Waals surface area contributed by atoms with E-state index in [0.29, 0.717) is 31.2 Å². The fourth-order valence-electron chi connectivity index (χ4n) is 8.06. The number of hydrogen-bond donors (Lipinski definition) is 2. The van der Waals surface area contributed by atoms with Gasteiger partial charge in [0, 0.05) is 25.4 Å². The summed E-state index contributed by atoms with van der Waals surface area (Å²) in [7, 11) is 0. The highest BCUT2D eigenvalue weighted by Crippen LogP contribution is 2.63. The zero-order valence-corrected chi connectivity index (χ0v) is 22.3. The van der Waals surface area contributed by atoms with Crippen LogP contribution in [0.3, 0.4) is 0 Å². The van der Waals surface area contributed by atoms with E-state index in [1.165, 1.54) is 0 Å². The molecule has 2 aromatic carbocycles. The number of phenols is 1. The van der Waals surface area contributed by atoms with Gasteiger partial charge in [0.25, 0.3) is 0 Å². The molecule has 1 amide bonds. The van der Waals surface area contributed by atoms with E-state index in [4.69, 9.17) is 0 Å². The molecule has 0 radical (unpaired) electrons. The van der Waals surface area contributed by atoms with Crippen LogP contribution in [0.15, 0.2) is 48.5 Å². The Labute approximate surface area is 220 Å². The summed E-state index contributed by atoms with van der Waals surface area (Å²) < 4.78 is 15.9. The van der Waals surface area contributed by atoms with Gasteiger partial charge in [0.2, 0.25) is 5.91 Å². The van der Waals surface area contributed by atoms with Crippen LogP contribution in [-0.4, -0.2) is 39.8 Å². The zero-order valence-electron chi connectivity index (χ0n) is 22.3. The van der Waals surface area contributed by atoms with Crippen molar-refractivity contribution in [1.29, 1.82) is 0 Å². The maximum absolute atomic E-state index is 15.9. The Morgan fingerprint density at radius 2 is 1.92 bits per heavy atom. The van der Waals surface area contributed by atoms with E-state index in [1.807, 2.05) is 42.2 Å².